The van der Waals surface area contributed by atoms with Crippen molar-refractivity contribution in [1.82, 2.24) is 19.8 Å². The Morgan fingerprint density at radius 2 is 1.79 bits per heavy atom. The highest BCUT2D eigenvalue weighted by atomic mass is 35.5. The molecule has 148 valence electrons. The molecule has 1 aromatic heterocycles. The standard InChI is InChI=1S/C21H26ClN5O/c1-16-7-8-23-20(24-16)27-14-21(15-27,13-17-3-5-18(22)6-4-17)19(28)26-11-9-25(2)10-12-26/h3-8H,9-15H2,1-2H3. The van der Waals surface area contributed by atoms with Gasteiger partial charge in [-0.25, -0.2) is 9.97 Å². The van der Waals surface area contributed by atoms with Crippen LogP contribution >= 0.6 is 11.6 Å². The number of aryl methyl sites for hydroxylation is 1. The second-order valence-corrected chi connectivity index (χ2v) is 8.47. The zero-order valence-corrected chi connectivity index (χ0v) is 17.2. The zero-order valence-electron chi connectivity index (χ0n) is 16.4. The molecule has 2 fully saturated rings. The average molecular weight is 400 g/mol. The van der Waals surface area contributed by atoms with Crippen molar-refractivity contribution in [2.45, 2.75) is 13.3 Å². The minimum Gasteiger partial charge on any atom is -0.340 e. The fraction of sp³-hybridized carbons (Fsp3) is 0.476. The Morgan fingerprint density at radius 3 is 2.43 bits per heavy atom. The Bertz CT molecular complexity index is 842. The monoisotopic (exact) mass is 399 g/mol. The van der Waals surface area contributed by atoms with Crippen LogP contribution < -0.4 is 4.90 Å². The molecule has 2 aliphatic heterocycles. The molecule has 1 amide bonds. The molecule has 0 bridgehead atoms. The molecule has 7 heteroatoms. The van der Waals surface area contributed by atoms with Crippen molar-refractivity contribution in [3.63, 3.8) is 0 Å². The van der Waals surface area contributed by atoms with Crippen LogP contribution in [-0.4, -0.2) is 72.0 Å². The molecule has 1 aromatic carbocycles. The van der Waals surface area contributed by atoms with Crippen LogP contribution in [0, 0.1) is 12.3 Å². The first-order valence-corrected chi connectivity index (χ1v) is 10.1. The predicted octanol–water partition coefficient (Wildman–Crippen LogP) is 2.26. The van der Waals surface area contributed by atoms with Gasteiger partial charge in [-0.2, -0.15) is 0 Å². The summed E-state index contributed by atoms with van der Waals surface area (Å²) in [5, 5.41) is 0.714. The van der Waals surface area contributed by atoms with Gasteiger partial charge in [0.15, 0.2) is 0 Å². The SMILES string of the molecule is Cc1ccnc(N2CC(Cc3ccc(Cl)cc3)(C(=O)N3CCN(C)CC3)C2)n1. The summed E-state index contributed by atoms with van der Waals surface area (Å²) in [5.74, 6) is 0.956. The van der Waals surface area contributed by atoms with Crippen molar-refractivity contribution >= 4 is 23.5 Å². The number of hydrogen-bond donors (Lipinski definition) is 0. The van der Waals surface area contributed by atoms with Gasteiger partial charge in [0.2, 0.25) is 11.9 Å². The van der Waals surface area contributed by atoms with Crippen molar-refractivity contribution in [3.05, 3.63) is 52.8 Å². The van der Waals surface area contributed by atoms with Gasteiger partial charge < -0.3 is 14.7 Å². The zero-order chi connectivity index (χ0) is 19.7. The summed E-state index contributed by atoms with van der Waals surface area (Å²) in [4.78, 5) is 28.9. The summed E-state index contributed by atoms with van der Waals surface area (Å²) in [6, 6.07) is 9.72. The maximum Gasteiger partial charge on any atom is 0.232 e. The van der Waals surface area contributed by atoms with Crippen molar-refractivity contribution in [3.8, 4) is 0 Å². The highest BCUT2D eigenvalue weighted by Gasteiger charge is 2.52. The van der Waals surface area contributed by atoms with Crippen LogP contribution in [0.15, 0.2) is 36.5 Å². The van der Waals surface area contributed by atoms with Crippen LogP contribution in [0.5, 0.6) is 0 Å². The van der Waals surface area contributed by atoms with Gasteiger partial charge in [-0.05, 0) is 44.2 Å². The van der Waals surface area contributed by atoms with E-state index >= 15 is 0 Å². The lowest BCUT2D eigenvalue weighted by atomic mass is 9.73. The lowest BCUT2D eigenvalue weighted by Gasteiger charge is -2.51. The molecule has 0 radical (unpaired) electrons. The molecule has 2 saturated heterocycles. The summed E-state index contributed by atoms with van der Waals surface area (Å²) >= 11 is 6.04. The fourth-order valence-corrected chi connectivity index (χ4v) is 4.20. The Labute approximate surface area is 171 Å². The first-order valence-electron chi connectivity index (χ1n) is 9.72. The topological polar surface area (TPSA) is 52.6 Å². The van der Waals surface area contributed by atoms with Crippen LogP contribution in [0.1, 0.15) is 11.3 Å². The van der Waals surface area contributed by atoms with E-state index in [-0.39, 0.29) is 5.91 Å². The van der Waals surface area contributed by atoms with Gasteiger partial charge in [0, 0.05) is 56.2 Å². The molecule has 4 rings (SSSR count). The highest BCUT2D eigenvalue weighted by Crippen LogP contribution is 2.38. The minimum atomic E-state index is -0.434. The predicted molar refractivity (Wildman–Crippen MR) is 111 cm³/mol. The molecule has 2 aromatic rings. The molecule has 0 aliphatic carbocycles. The number of amides is 1. The van der Waals surface area contributed by atoms with Crippen LogP contribution in [0.25, 0.3) is 0 Å². The van der Waals surface area contributed by atoms with E-state index in [2.05, 4.69) is 26.8 Å². The third-order valence-corrected chi connectivity index (χ3v) is 6.00. The lowest BCUT2D eigenvalue weighted by molar-refractivity contribution is -0.145. The van der Waals surface area contributed by atoms with Crippen molar-refractivity contribution in [2.75, 3.05) is 51.2 Å². The van der Waals surface area contributed by atoms with Crippen molar-refractivity contribution in [1.29, 1.82) is 0 Å². The van der Waals surface area contributed by atoms with Crippen molar-refractivity contribution < 1.29 is 4.79 Å². The van der Waals surface area contributed by atoms with E-state index in [9.17, 15) is 4.79 Å². The number of hydrogen-bond acceptors (Lipinski definition) is 5. The van der Waals surface area contributed by atoms with Gasteiger partial charge in [0.05, 0.1) is 5.41 Å². The number of aromatic nitrogens is 2. The van der Waals surface area contributed by atoms with Gasteiger partial charge >= 0.3 is 0 Å². The number of rotatable bonds is 4. The Hall–Kier alpha value is -2.18. The molecule has 2 aliphatic rings. The maximum absolute atomic E-state index is 13.5. The molecule has 28 heavy (non-hydrogen) atoms. The number of anilines is 1. The molecule has 3 heterocycles. The Morgan fingerprint density at radius 1 is 1.11 bits per heavy atom. The third-order valence-electron chi connectivity index (χ3n) is 5.75. The van der Waals surface area contributed by atoms with E-state index in [1.165, 1.54) is 0 Å². The molecular weight excluding hydrogens is 374 g/mol. The third kappa shape index (κ3) is 3.84. The van der Waals surface area contributed by atoms with Crippen LogP contribution in [0.2, 0.25) is 5.02 Å². The molecule has 0 saturated carbocycles. The molecule has 0 spiro atoms. The number of carbonyl (C=O) groups excluding carboxylic acids is 1. The number of halogens is 1. The lowest BCUT2D eigenvalue weighted by Crippen LogP contribution is -2.66. The summed E-state index contributed by atoms with van der Waals surface area (Å²) in [6.45, 7) is 6.67. The molecule has 0 atom stereocenters. The number of likely N-dealkylation sites (N-methyl/N-ethyl adjacent to an activating group) is 1. The summed E-state index contributed by atoms with van der Waals surface area (Å²) in [7, 11) is 2.10. The normalized spacial score (nSPS) is 19.4. The van der Waals surface area contributed by atoms with E-state index in [1.807, 2.05) is 42.2 Å². The number of benzene rings is 1. The van der Waals surface area contributed by atoms with Gasteiger partial charge in [-0.15, -0.1) is 0 Å². The summed E-state index contributed by atoms with van der Waals surface area (Å²) in [6.07, 6.45) is 2.48. The van der Waals surface area contributed by atoms with E-state index in [0.29, 0.717) is 30.5 Å². The first-order chi connectivity index (χ1) is 13.4. The van der Waals surface area contributed by atoms with E-state index in [4.69, 9.17) is 11.6 Å². The fourth-order valence-electron chi connectivity index (χ4n) is 4.07. The number of nitrogens with zero attached hydrogens (tertiary/aromatic N) is 5. The quantitative estimate of drug-likeness (QED) is 0.789. The molecule has 6 nitrogen and oxygen atoms in total. The Kier molecular flexibility index (Phi) is 5.25. The van der Waals surface area contributed by atoms with E-state index in [0.717, 1.165) is 37.4 Å². The second kappa shape index (κ2) is 7.68. The van der Waals surface area contributed by atoms with Crippen molar-refractivity contribution in [2.24, 2.45) is 5.41 Å². The number of carbonyl (C=O) groups is 1. The van der Waals surface area contributed by atoms with Gasteiger partial charge in [0.25, 0.3) is 0 Å². The Balaban J connectivity index is 1.55. The molecular formula is C21H26ClN5O. The van der Waals surface area contributed by atoms with Gasteiger partial charge in [-0.3, -0.25) is 4.79 Å². The largest absolute Gasteiger partial charge is 0.340 e. The van der Waals surface area contributed by atoms with Crippen LogP contribution in [-0.2, 0) is 11.2 Å². The highest BCUT2D eigenvalue weighted by molar-refractivity contribution is 6.30. The first kappa shape index (κ1) is 19.2. The van der Waals surface area contributed by atoms with Crippen LogP contribution in [0.4, 0.5) is 5.95 Å². The number of piperazine rings is 1. The summed E-state index contributed by atoms with van der Waals surface area (Å²) in [5.41, 5.74) is 1.64. The second-order valence-electron chi connectivity index (χ2n) is 8.03. The summed E-state index contributed by atoms with van der Waals surface area (Å²) < 4.78 is 0. The molecule has 0 unspecified atom stereocenters. The smallest absolute Gasteiger partial charge is 0.232 e. The van der Waals surface area contributed by atoms with E-state index in [1.54, 1.807) is 6.20 Å². The van der Waals surface area contributed by atoms with E-state index < -0.39 is 5.41 Å². The maximum atomic E-state index is 13.5. The molecule has 0 N–H and O–H groups in total. The minimum absolute atomic E-state index is 0.249. The van der Waals surface area contributed by atoms with Gasteiger partial charge in [-0.1, -0.05) is 23.7 Å². The van der Waals surface area contributed by atoms with Crippen LogP contribution in [0.3, 0.4) is 0 Å². The van der Waals surface area contributed by atoms with Gasteiger partial charge in [0.1, 0.15) is 0 Å². The average Bonchev–Trinajstić information content (AvgIpc) is 2.66.